The van der Waals surface area contributed by atoms with Gasteiger partial charge in [-0.1, -0.05) is 0 Å². The van der Waals surface area contributed by atoms with Gasteiger partial charge in [0.15, 0.2) is 6.61 Å². The predicted octanol–water partition coefficient (Wildman–Crippen LogP) is 0.367. The Morgan fingerprint density at radius 1 is 1.35 bits per heavy atom. The number of ether oxygens (including phenoxy) is 1. The molecule has 106 valence electrons. The maximum atomic E-state index is 11.6. The molecule has 1 saturated heterocycles. The molecule has 0 bridgehead atoms. The van der Waals surface area contributed by atoms with Crippen LogP contribution in [0.15, 0.2) is 24.3 Å². The van der Waals surface area contributed by atoms with Crippen LogP contribution in [-0.4, -0.2) is 35.5 Å². The summed E-state index contributed by atoms with van der Waals surface area (Å²) in [6, 6.07) is 6.13. The molecule has 1 aliphatic heterocycles. The average molecular weight is 278 g/mol. The molecule has 7 nitrogen and oxygen atoms in total. The molecule has 0 saturated carbocycles. The first-order valence-corrected chi connectivity index (χ1v) is 6.09. The second-order valence-electron chi connectivity index (χ2n) is 4.35. The van der Waals surface area contributed by atoms with Gasteiger partial charge in [-0.3, -0.25) is 14.9 Å². The molecule has 1 aromatic rings. The van der Waals surface area contributed by atoms with Gasteiger partial charge in [0.05, 0.1) is 0 Å². The molecule has 7 heteroatoms. The zero-order valence-electron chi connectivity index (χ0n) is 10.6. The first-order valence-electron chi connectivity index (χ1n) is 6.09. The fraction of sp³-hybridized carbons (Fsp3) is 0.308. The first-order chi connectivity index (χ1) is 9.54. The molecule has 0 aromatic heterocycles. The number of amides is 2. The van der Waals surface area contributed by atoms with Crippen LogP contribution in [0.1, 0.15) is 12.8 Å². The molecule has 0 radical (unpaired) electrons. The normalized spacial score (nSPS) is 18.3. The molecule has 0 aliphatic carbocycles. The minimum absolute atomic E-state index is 0.259. The highest BCUT2D eigenvalue weighted by Gasteiger charge is 2.26. The highest BCUT2D eigenvalue weighted by Crippen LogP contribution is 2.18. The summed E-state index contributed by atoms with van der Waals surface area (Å²) in [5.74, 6) is -1.21. The van der Waals surface area contributed by atoms with Gasteiger partial charge in [0.1, 0.15) is 11.8 Å². The Bertz CT molecular complexity index is 526. The van der Waals surface area contributed by atoms with Crippen molar-refractivity contribution in [2.45, 2.75) is 18.9 Å². The molecule has 1 fully saturated rings. The third-order valence-electron chi connectivity index (χ3n) is 2.80. The fourth-order valence-electron chi connectivity index (χ4n) is 1.82. The van der Waals surface area contributed by atoms with Crippen LogP contribution in [0, 0.1) is 0 Å². The van der Waals surface area contributed by atoms with E-state index in [9.17, 15) is 14.4 Å². The van der Waals surface area contributed by atoms with Crippen molar-refractivity contribution in [3.8, 4) is 5.75 Å². The van der Waals surface area contributed by atoms with Gasteiger partial charge in [-0.2, -0.15) is 0 Å². The van der Waals surface area contributed by atoms with E-state index in [0.29, 0.717) is 24.3 Å². The Labute approximate surface area is 114 Å². The van der Waals surface area contributed by atoms with Gasteiger partial charge in [0.2, 0.25) is 11.8 Å². The quantitative estimate of drug-likeness (QED) is 0.672. The molecule has 1 aromatic carbocycles. The minimum Gasteiger partial charge on any atom is -0.482 e. The number of anilines is 1. The Kier molecular flexibility index (Phi) is 4.19. The molecule has 1 unspecified atom stereocenters. The summed E-state index contributed by atoms with van der Waals surface area (Å²) in [5.41, 5.74) is 0.696. The number of carbonyl (C=O) groups excluding carboxylic acids is 2. The van der Waals surface area contributed by atoms with Crippen LogP contribution in [-0.2, 0) is 14.4 Å². The van der Waals surface area contributed by atoms with Crippen LogP contribution >= 0.6 is 0 Å². The second-order valence-corrected chi connectivity index (χ2v) is 4.35. The van der Waals surface area contributed by atoms with Gasteiger partial charge >= 0.3 is 5.97 Å². The zero-order valence-corrected chi connectivity index (χ0v) is 10.6. The molecule has 1 heterocycles. The number of carboxylic acids is 1. The molecular weight excluding hydrogens is 264 g/mol. The van der Waals surface area contributed by atoms with Gasteiger partial charge < -0.3 is 15.2 Å². The number of nitrogens with one attached hydrogen (secondary N) is 2. The summed E-state index contributed by atoms with van der Waals surface area (Å²) in [6.45, 7) is -0.403. The van der Waals surface area contributed by atoms with Gasteiger partial charge in [-0.25, -0.2) is 4.79 Å². The van der Waals surface area contributed by atoms with Crippen molar-refractivity contribution in [2.75, 3.05) is 11.9 Å². The van der Waals surface area contributed by atoms with E-state index in [0.717, 1.165) is 0 Å². The van der Waals surface area contributed by atoms with E-state index in [4.69, 9.17) is 9.84 Å². The SMILES string of the molecule is O=C(O)COc1ccc(NC2CCC(=O)NC2=O)cc1. The average Bonchev–Trinajstić information content (AvgIpc) is 2.41. The Morgan fingerprint density at radius 3 is 2.65 bits per heavy atom. The number of piperidine rings is 1. The third-order valence-corrected chi connectivity index (χ3v) is 2.80. The second kappa shape index (κ2) is 6.05. The van der Waals surface area contributed by atoms with E-state index in [1.54, 1.807) is 24.3 Å². The molecule has 1 aliphatic rings. The van der Waals surface area contributed by atoms with E-state index in [2.05, 4.69) is 10.6 Å². The van der Waals surface area contributed by atoms with E-state index < -0.39 is 18.6 Å². The minimum atomic E-state index is -1.05. The number of benzene rings is 1. The fourth-order valence-corrected chi connectivity index (χ4v) is 1.82. The standard InChI is InChI=1S/C13H14N2O5/c16-11-6-5-10(13(19)15-11)14-8-1-3-9(4-2-8)20-7-12(17)18/h1-4,10,14H,5-7H2,(H,17,18)(H,15,16,19). The topological polar surface area (TPSA) is 105 Å². The maximum absolute atomic E-state index is 11.6. The van der Waals surface area contributed by atoms with E-state index >= 15 is 0 Å². The molecule has 3 N–H and O–H groups in total. The Balaban J connectivity index is 1.92. The largest absolute Gasteiger partial charge is 0.482 e. The van der Waals surface area contributed by atoms with E-state index in [1.807, 2.05) is 0 Å². The summed E-state index contributed by atoms with van der Waals surface area (Å²) in [5, 5.41) is 13.8. The Hall–Kier alpha value is -2.57. The van der Waals surface area contributed by atoms with Gasteiger partial charge in [-0.15, -0.1) is 0 Å². The number of hydrogen-bond donors (Lipinski definition) is 3. The van der Waals surface area contributed by atoms with Gasteiger partial charge in [0, 0.05) is 12.1 Å². The van der Waals surface area contributed by atoms with Crippen molar-refractivity contribution < 1.29 is 24.2 Å². The van der Waals surface area contributed by atoms with Crippen molar-refractivity contribution >= 4 is 23.5 Å². The van der Waals surface area contributed by atoms with Crippen molar-refractivity contribution in [3.63, 3.8) is 0 Å². The van der Waals surface area contributed by atoms with Gasteiger partial charge in [-0.05, 0) is 30.7 Å². The van der Waals surface area contributed by atoms with Crippen molar-refractivity contribution in [1.82, 2.24) is 5.32 Å². The summed E-state index contributed by atoms with van der Waals surface area (Å²) < 4.78 is 5.00. The van der Waals surface area contributed by atoms with Crippen LogP contribution in [0.4, 0.5) is 5.69 Å². The van der Waals surface area contributed by atoms with E-state index in [1.165, 1.54) is 0 Å². The maximum Gasteiger partial charge on any atom is 0.341 e. The van der Waals surface area contributed by atoms with Crippen molar-refractivity contribution in [1.29, 1.82) is 0 Å². The number of imide groups is 1. The predicted molar refractivity (Wildman–Crippen MR) is 69.4 cm³/mol. The van der Waals surface area contributed by atoms with Crippen LogP contribution in [0.25, 0.3) is 0 Å². The number of hydrogen-bond acceptors (Lipinski definition) is 5. The molecule has 2 amide bonds. The summed E-state index contributed by atoms with van der Waals surface area (Å²) in [6.07, 6.45) is 0.755. The van der Waals surface area contributed by atoms with Crippen LogP contribution in [0.3, 0.4) is 0 Å². The molecule has 2 rings (SSSR count). The van der Waals surface area contributed by atoms with Crippen molar-refractivity contribution in [3.05, 3.63) is 24.3 Å². The van der Waals surface area contributed by atoms with Gasteiger partial charge in [0.25, 0.3) is 0 Å². The van der Waals surface area contributed by atoms with E-state index in [-0.39, 0.29) is 11.8 Å². The summed E-state index contributed by atoms with van der Waals surface area (Å²) in [7, 11) is 0. The molecule has 0 spiro atoms. The lowest BCUT2D eigenvalue weighted by Gasteiger charge is -2.22. The number of rotatable bonds is 5. The number of carbonyl (C=O) groups is 3. The first kappa shape index (κ1) is 13.9. The molecule has 20 heavy (non-hydrogen) atoms. The number of carboxylic acid groups (broad SMARTS) is 1. The highest BCUT2D eigenvalue weighted by atomic mass is 16.5. The van der Waals surface area contributed by atoms with Crippen molar-refractivity contribution in [2.24, 2.45) is 0 Å². The number of aliphatic carboxylic acids is 1. The molecule has 1 atom stereocenters. The molecular formula is C13H14N2O5. The smallest absolute Gasteiger partial charge is 0.341 e. The van der Waals surface area contributed by atoms with Crippen LogP contribution < -0.4 is 15.4 Å². The zero-order chi connectivity index (χ0) is 14.5. The Morgan fingerprint density at radius 2 is 2.05 bits per heavy atom. The lowest BCUT2D eigenvalue weighted by Crippen LogP contribution is -2.47. The summed E-state index contributed by atoms with van der Waals surface area (Å²) >= 11 is 0. The van der Waals surface area contributed by atoms with Crippen LogP contribution in [0.2, 0.25) is 0 Å². The monoisotopic (exact) mass is 278 g/mol. The van der Waals surface area contributed by atoms with Crippen LogP contribution in [0.5, 0.6) is 5.75 Å². The lowest BCUT2D eigenvalue weighted by molar-refractivity contribution is -0.139. The third kappa shape index (κ3) is 3.71. The highest BCUT2D eigenvalue weighted by molar-refractivity contribution is 6.01. The summed E-state index contributed by atoms with van der Waals surface area (Å²) in [4.78, 5) is 32.9. The lowest BCUT2D eigenvalue weighted by atomic mass is 10.1.